The van der Waals surface area contributed by atoms with E-state index in [1.807, 2.05) is 60.8 Å². The zero-order chi connectivity index (χ0) is 23.0. The Hall–Kier alpha value is -3.01. The van der Waals surface area contributed by atoms with Crippen LogP contribution in [-0.4, -0.2) is 28.3 Å². The molecule has 9 heteroatoms. The molecule has 0 saturated carbocycles. The highest BCUT2D eigenvalue weighted by Gasteiger charge is 2.32. The molecule has 4 aromatic rings. The molecular weight excluding hydrogens is 494 g/mol. The van der Waals surface area contributed by atoms with Gasteiger partial charge < -0.3 is 9.72 Å². The van der Waals surface area contributed by atoms with Crippen molar-refractivity contribution >= 4 is 37.6 Å². The molecule has 3 heterocycles. The fraction of sp³-hybridized carbons (Fsp3) is 0.130. The topological polar surface area (TPSA) is 101 Å². The number of carbonyl (C=O) groups is 1. The molecule has 0 aliphatic carbocycles. The molecular formula is C23H20BrN3O4S. The van der Waals surface area contributed by atoms with Gasteiger partial charge in [0, 0.05) is 16.2 Å². The number of benzene rings is 2. The van der Waals surface area contributed by atoms with Crippen LogP contribution >= 0.6 is 15.9 Å². The van der Waals surface area contributed by atoms with Gasteiger partial charge in [0.2, 0.25) is 0 Å². The number of nitrogens with zero attached hydrogens (tertiary/aromatic N) is 2. The lowest BCUT2D eigenvalue weighted by Gasteiger charge is -2.13. The van der Waals surface area contributed by atoms with E-state index in [1.54, 1.807) is 12.1 Å². The van der Waals surface area contributed by atoms with Crippen molar-refractivity contribution in [3.63, 3.8) is 0 Å². The molecule has 164 valence electrons. The Morgan fingerprint density at radius 1 is 1.03 bits per heavy atom. The van der Waals surface area contributed by atoms with E-state index < -0.39 is 10.1 Å². The summed E-state index contributed by atoms with van der Waals surface area (Å²) in [4.78, 5) is 16.7. The summed E-state index contributed by atoms with van der Waals surface area (Å²) in [6.45, 7) is 3.82. The summed E-state index contributed by atoms with van der Waals surface area (Å²) in [5.74, 6) is -0.0278. The molecule has 0 bridgehead atoms. The number of fused-ring (bicyclic) bond motifs is 2. The molecule has 32 heavy (non-hydrogen) atoms. The smallest absolute Gasteiger partial charge is 0.294 e. The lowest BCUT2D eigenvalue weighted by Crippen LogP contribution is -2.21. The van der Waals surface area contributed by atoms with Crippen molar-refractivity contribution in [2.75, 3.05) is 0 Å². The lowest BCUT2D eigenvalue weighted by atomic mass is 10.0. The van der Waals surface area contributed by atoms with Gasteiger partial charge in [-0.15, -0.1) is 0 Å². The maximum absolute atomic E-state index is 12.1. The maximum Gasteiger partial charge on any atom is 0.294 e. The van der Waals surface area contributed by atoms with Gasteiger partial charge in [-0.2, -0.15) is 8.42 Å². The Kier molecular flexibility index (Phi) is 5.89. The minimum atomic E-state index is -4.02. The van der Waals surface area contributed by atoms with Gasteiger partial charge in [-0.3, -0.25) is 9.35 Å². The molecule has 5 rings (SSSR count). The minimum Gasteiger partial charge on any atom is -0.339 e. The lowest BCUT2D eigenvalue weighted by molar-refractivity contribution is 0.0960. The average Bonchev–Trinajstić information content (AvgIpc) is 3.24. The molecule has 1 aliphatic heterocycles. The average molecular weight is 514 g/mol. The van der Waals surface area contributed by atoms with Crippen LogP contribution in [-0.2, 0) is 10.1 Å². The third-order valence-corrected chi connectivity index (χ3v) is 6.52. The van der Waals surface area contributed by atoms with Crippen molar-refractivity contribution < 1.29 is 17.8 Å². The van der Waals surface area contributed by atoms with Crippen LogP contribution in [0.4, 0.5) is 0 Å². The van der Waals surface area contributed by atoms with Crippen molar-refractivity contribution in [3.8, 4) is 0 Å². The molecule has 7 nitrogen and oxygen atoms in total. The van der Waals surface area contributed by atoms with Crippen LogP contribution in [0.25, 0.3) is 5.65 Å². The third-order valence-electron chi connectivity index (χ3n) is 5.19. The Bertz CT molecular complexity index is 1430. The van der Waals surface area contributed by atoms with E-state index in [4.69, 9.17) is 4.55 Å². The molecule has 2 aromatic heterocycles. The number of rotatable bonds is 2. The van der Waals surface area contributed by atoms with E-state index in [0.717, 1.165) is 38.2 Å². The summed E-state index contributed by atoms with van der Waals surface area (Å²) in [6.07, 6.45) is 1.98. The third kappa shape index (κ3) is 4.32. The largest absolute Gasteiger partial charge is 0.339 e. The summed E-state index contributed by atoms with van der Waals surface area (Å²) in [5, 5.41) is 3.06. The zero-order valence-electron chi connectivity index (χ0n) is 17.3. The Labute approximate surface area is 194 Å². The van der Waals surface area contributed by atoms with Gasteiger partial charge >= 0.3 is 0 Å². The monoisotopic (exact) mass is 513 g/mol. The second-order valence-electron chi connectivity index (χ2n) is 7.44. The van der Waals surface area contributed by atoms with Crippen LogP contribution in [0.5, 0.6) is 0 Å². The van der Waals surface area contributed by atoms with E-state index in [0.29, 0.717) is 0 Å². The maximum atomic E-state index is 12.1. The molecule has 1 atom stereocenters. The van der Waals surface area contributed by atoms with Crippen LogP contribution in [0.1, 0.15) is 38.9 Å². The normalized spacial score (nSPS) is 15.1. The van der Waals surface area contributed by atoms with Crippen LogP contribution in [0.3, 0.4) is 0 Å². The van der Waals surface area contributed by atoms with Gasteiger partial charge in [-0.05, 0) is 65.7 Å². The van der Waals surface area contributed by atoms with Gasteiger partial charge in [0.15, 0.2) is 0 Å². The number of aryl methyl sites for hydroxylation is 2. The quantitative estimate of drug-likeness (QED) is 0.385. The first kappa shape index (κ1) is 22.2. The van der Waals surface area contributed by atoms with Crippen molar-refractivity contribution in [3.05, 3.63) is 99.4 Å². The number of carbonyl (C=O) groups excluding carboxylic acids is 1. The highest BCUT2D eigenvalue weighted by Crippen LogP contribution is 2.33. The van der Waals surface area contributed by atoms with Crippen LogP contribution in [0, 0.1) is 13.8 Å². The van der Waals surface area contributed by atoms with E-state index in [-0.39, 0.29) is 16.8 Å². The Morgan fingerprint density at radius 3 is 2.41 bits per heavy atom. The Morgan fingerprint density at radius 2 is 1.72 bits per heavy atom. The van der Waals surface area contributed by atoms with Gasteiger partial charge in [0.25, 0.3) is 16.0 Å². The van der Waals surface area contributed by atoms with E-state index >= 15 is 0 Å². The zero-order valence-corrected chi connectivity index (χ0v) is 19.7. The summed E-state index contributed by atoms with van der Waals surface area (Å²) >= 11 is 3.49. The molecule has 1 amide bonds. The number of nitrogens with one attached hydrogen (secondary N) is 1. The fourth-order valence-electron chi connectivity index (χ4n) is 3.67. The van der Waals surface area contributed by atoms with Crippen molar-refractivity contribution in [1.82, 2.24) is 14.7 Å². The predicted molar refractivity (Wildman–Crippen MR) is 124 cm³/mol. The fourth-order valence-corrected chi connectivity index (χ4v) is 4.49. The molecule has 0 fully saturated rings. The molecule has 0 spiro atoms. The number of pyridine rings is 1. The van der Waals surface area contributed by atoms with Crippen LogP contribution < -0.4 is 5.32 Å². The second-order valence-corrected chi connectivity index (χ2v) is 9.78. The van der Waals surface area contributed by atoms with Gasteiger partial charge in [-0.25, -0.2) is 4.98 Å². The summed E-state index contributed by atoms with van der Waals surface area (Å²) in [6, 6.07) is 17.5. The number of halogens is 1. The number of imidazole rings is 1. The molecule has 0 saturated heterocycles. The van der Waals surface area contributed by atoms with Crippen molar-refractivity contribution in [1.29, 1.82) is 0 Å². The first-order valence-electron chi connectivity index (χ1n) is 9.73. The summed E-state index contributed by atoms with van der Waals surface area (Å²) in [5.41, 5.74) is 5.51. The van der Waals surface area contributed by atoms with E-state index in [2.05, 4.69) is 26.2 Å². The highest BCUT2D eigenvalue weighted by atomic mass is 79.9. The van der Waals surface area contributed by atoms with Crippen molar-refractivity contribution in [2.24, 2.45) is 0 Å². The summed E-state index contributed by atoms with van der Waals surface area (Å²) in [7, 11) is -4.02. The second kappa shape index (κ2) is 8.50. The number of aromatic nitrogens is 2. The predicted octanol–water partition coefficient (Wildman–Crippen LogP) is 4.48. The molecule has 1 unspecified atom stereocenters. The first-order valence-corrected chi connectivity index (χ1v) is 12.0. The molecule has 0 radical (unpaired) electrons. The molecule has 2 aromatic carbocycles. The van der Waals surface area contributed by atoms with Gasteiger partial charge in [-0.1, -0.05) is 35.9 Å². The molecule has 1 aliphatic rings. The van der Waals surface area contributed by atoms with Crippen molar-refractivity contribution in [2.45, 2.75) is 24.8 Å². The standard InChI is InChI=1S/C16H12BrN3O.C7H8O3S/c1-9-15(20-8-10(17)6-7-13(20)18-9)14-11-4-2-3-5-12(11)16(21)19-14;1-6-2-4-7(5-3-6)11(8,9)10/h2-8,14H,1H3,(H,19,21);2-5H,1H3,(H,8,9,10). The van der Waals surface area contributed by atoms with Gasteiger partial charge in [0.05, 0.1) is 22.3 Å². The summed E-state index contributed by atoms with van der Waals surface area (Å²) < 4.78 is 32.6. The molecule has 2 N–H and O–H groups in total. The number of hydrogen-bond acceptors (Lipinski definition) is 4. The Balaban J connectivity index is 0.000000189. The van der Waals surface area contributed by atoms with E-state index in [1.165, 1.54) is 12.1 Å². The minimum absolute atomic E-state index is 0.0278. The SMILES string of the molecule is Cc1ccc(S(=O)(=O)O)cc1.Cc1nc2ccc(Br)cn2c1C1NC(=O)c2ccccc21. The van der Waals surface area contributed by atoms with Crippen LogP contribution in [0.2, 0.25) is 0 Å². The highest BCUT2D eigenvalue weighted by molar-refractivity contribution is 9.10. The first-order chi connectivity index (χ1) is 15.1. The van der Waals surface area contributed by atoms with Crippen LogP contribution in [0.15, 0.2) is 76.2 Å². The number of hydrogen-bond donors (Lipinski definition) is 2. The van der Waals surface area contributed by atoms with Gasteiger partial charge in [0.1, 0.15) is 5.65 Å². The van der Waals surface area contributed by atoms with E-state index in [9.17, 15) is 13.2 Å². The number of amides is 1.